The van der Waals surface area contributed by atoms with Crippen LogP contribution in [0.5, 0.6) is 17.2 Å². The van der Waals surface area contributed by atoms with Gasteiger partial charge in [0.2, 0.25) is 0 Å². The number of allylic oxidation sites excluding steroid dienone is 1. The number of hydrogen-bond acceptors (Lipinski definition) is 5. The summed E-state index contributed by atoms with van der Waals surface area (Å²) in [7, 11) is 3.01. The number of methoxy groups -OCH3 is 2. The molecule has 0 heterocycles. The number of ketones is 1. The first-order chi connectivity index (χ1) is 14.5. The second kappa shape index (κ2) is 9.52. The van der Waals surface area contributed by atoms with Crippen molar-refractivity contribution >= 4 is 17.8 Å². The molecule has 152 valence electrons. The fourth-order valence-electron chi connectivity index (χ4n) is 2.70. The van der Waals surface area contributed by atoms with Crippen molar-refractivity contribution in [2.24, 2.45) is 0 Å². The Labute approximate surface area is 173 Å². The zero-order valence-corrected chi connectivity index (χ0v) is 16.4. The summed E-state index contributed by atoms with van der Waals surface area (Å²) in [6, 6.07) is 16.7. The number of benzene rings is 3. The van der Waals surface area contributed by atoms with Gasteiger partial charge in [-0.2, -0.15) is 0 Å². The van der Waals surface area contributed by atoms with Crippen molar-refractivity contribution in [3.63, 3.8) is 0 Å². The minimum atomic E-state index is -0.603. The summed E-state index contributed by atoms with van der Waals surface area (Å²) in [5, 5.41) is 0. The van der Waals surface area contributed by atoms with Gasteiger partial charge in [-0.05, 0) is 66.2 Å². The van der Waals surface area contributed by atoms with Crippen LogP contribution in [0.3, 0.4) is 0 Å². The number of ether oxygens (including phenoxy) is 3. The molecular weight excluding hydrogens is 387 g/mol. The molecule has 3 aromatic carbocycles. The van der Waals surface area contributed by atoms with Crippen molar-refractivity contribution in [2.45, 2.75) is 0 Å². The molecule has 30 heavy (non-hydrogen) atoms. The third-order valence-electron chi connectivity index (χ3n) is 4.25. The third-order valence-corrected chi connectivity index (χ3v) is 4.25. The smallest absolute Gasteiger partial charge is 0.343 e. The molecule has 3 rings (SSSR count). The average molecular weight is 406 g/mol. The molecule has 0 amide bonds. The van der Waals surface area contributed by atoms with Crippen molar-refractivity contribution in [1.82, 2.24) is 0 Å². The van der Waals surface area contributed by atoms with Crippen LogP contribution in [0.4, 0.5) is 4.39 Å². The predicted molar refractivity (Wildman–Crippen MR) is 111 cm³/mol. The predicted octanol–water partition coefficient (Wildman–Crippen LogP) is 4.96. The zero-order chi connectivity index (χ0) is 21.5. The maximum atomic E-state index is 13.0. The van der Waals surface area contributed by atoms with E-state index in [1.807, 2.05) is 0 Å². The highest BCUT2D eigenvalue weighted by Gasteiger charge is 2.12. The Hall–Kier alpha value is -3.93. The molecule has 3 aromatic rings. The number of hydrogen-bond donors (Lipinski definition) is 0. The summed E-state index contributed by atoms with van der Waals surface area (Å²) in [5.74, 6) is -0.0173. The monoisotopic (exact) mass is 406 g/mol. The van der Waals surface area contributed by atoms with Gasteiger partial charge in [0.05, 0.1) is 25.3 Å². The van der Waals surface area contributed by atoms with E-state index in [4.69, 9.17) is 14.2 Å². The molecule has 0 unspecified atom stereocenters. The van der Waals surface area contributed by atoms with Gasteiger partial charge >= 0.3 is 5.97 Å². The van der Waals surface area contributed by atoms with Gasteiger partial charge in [-0.25, -0.2) is 9.18 Å². The van der Waals surface area contributed by atoms with E-state index in [0.29, 0.717) is 28.4 Å². The molecule has 0 radical (unpaired) electrons. The molecule has 0 bridgehead atoms. The molecule has 6 heteroatoms. The van der Waals surface area contributed by atoms with Crippen LogP contribution in [0.2, 0.25) is 0 Å². The molecule has 0 spiro atoms. The Bertz CT molecular complexity index is 1090. The third kappa shape index (κ3) is 5.11. The van der Waals surface area contributed by atoms with Crippen molar-refractivity contribution in [3.8, 4) is 17.2 Å². The van der Waals surface area contributed by atoms with Crippen LogP contribution in [-0.2, 0) is 0 Å². The van der Waals surface area contributed by atoms with Crippen LogP contribution in [0, 0.1) is 5.82 Å². The summed E-state index contributed by atoms with van der Waals surface area (Å²) in [5.41, 5.74) is 1.26. The van der Waals surface area contributed by atoms with Gasteiger partial charge in [-0.1, -0.05) is 18.2 Å². The van der Waals surface area contributed by atoms with E-state index in [1.165, 1.54) is 44.6 Å². The normalized spacial score (nSPS) is 10.6. The van der Waals surface area contributed by atoms with E-state index in [2.05, 4.69) is 0 Å². The lowest BCUT2D eigenvalue weighted by atomic mass is 10.1. The van der Waals surface area contributed by atoms with E-state index < -0.39 is 11.8 Å². The summed E-state index contributed by atoms with van der Waals surface area (Å²) in [6.45, 7) is 0. The van der Waals surface area contributed by atoms with Gasteiger partial charge < -0.3 is 14.2 Å². The first-order valence-corrected chi connectivity index (χ1v) is 9.02. The standard InChI is InChI=1S/C24H19FO5/c1-28-19-11-13-23(29-2)21(15-19)22(26)12-6-16-4-3-5-20(14-16)30-24(27)17-7-9-18(25)10-8-17/h3-15H,1-2H3. The number of carbonyl (C=O) groups is 2. The largest absolute Gasteiger partial charge is 0.497 e. The van der Waals surface area contributed by atoms with E-state index in [1.54, 1.807) is 48.5 Å². The number of esters is 1. The molecule has 0 aromatic heterocycles. The lowest BCUT2D eigenvalue weighted by Gasteiger charge is -2.08. The summed E-state index contributed by atoms with van der Waals surface area (Å²) in [6.07, 6.45) is 3.01. The topological polar surface area (TPSA) is 61.8 Å². The second-order valence-corrected chi connectivity index (χ2v) is 6.23. The van der Waals surface area contributed by atoms with Crippen LogP contribution < -0.4 is 14.2 Å². The highest BCUT2D eigenvalue weighted by atomic mass is 19.1. The van der Waals surface area contributed by atoms with Crippen LogP contribution in [0.15, 0.2) is 72.8 Å². The number of halogens is 1. The van der Waals surface area contributed by atoms with Crippen molar-refractivity contribution < 1.29 is 28.2 Å². The minimum absolute atomic E-state index is 0.234. The molecule has 5 nitrogen and oxygen atoms in total. The number of rotatable bonds is 7. The average Bonchev–Trinajstić information content (AvgIpc) is 2.77. The quantitative estimate of drug-likeness (QED) is 0.240. The highest BCUT2D eigenvalue weighted by molar-refractivity contribution is 6.09. The van der Waals surface area contributed by atoms with Gasteiger partial charge in [-0.3, -0.25) is 4.79 Å². The fourth-order valence-corrected chi connectivity index (χ4v) is 2.70. The summed E-state index contributed by atoms with van der Waals surface area (Å²) < 4.78 is 28.7. The molecule has 0 aliphatic heterocycles. The molecule has 0 aliphatic rings. The number of carbonyl (C=O) groups excluding carboxylic acids is 2. The molecule has 0 fully saturated rings. The van der Waals surface area contributed by atoms with E-state index in [-0.39, 0.29) is 11.3 Å². The minimum Gasteiger partial charge on any atom is -0.497 e. The molecular formula is C24H19FO5. The highest BCUT2D eigenvalue weighted by Crippen LogP contribution is 2.25. The second-order valence-electron chi connectivity index (χ2n) is 6.23. The van der Waals surface area contributed by atoms with Crippen LogP contribution in [0.1, 0.15) is 26.3 Å². The maximum absolute atomic E-state index is 13.0. The van der Waals surface area contributed by atoms with Gasteiger partial charge in [0.1, 0.15) is 23.1 Å². The zero-order valence-electron chi connectivity index (χ0n) is 16.4. The molecule has 0 saturated heterocycles. The Morgan fingerprint density at radius 1 is 0.867 bits per heavy atom. The van der Waals surface area contributed by atoms with Crippen molar-refractivity contribution in [1.29, 1.82) is 0 Å². The van der Waals surface area contributed by atoms with Crippen molar-refractivity contribution in [3.05, 3.63) is 95.3 Å². The van der Waals surface area contributed by atoms with Gasteiger partial charge in [0.25, 0.3) is 0 Å². The first-order valence-electron chi connectivity index (χ1n) is 9.02. The summed E-state index contributed by atoms with van der Waals surface area (Å²) >= 11 is 0. The van der Waals surface area contributed by atoms with Gasteiger partial charge in [0.15, 0.2) is 5.78 Å². The van der Waals surface area contributed by atoms with Crippen LogP contribution in [0.25, 0.3) is 6.08 Å². The SMILES string of the molecule is COc1ccc(OC)c(C(=O)C=Cc2cccc(OC(=O)c3ccc(F)cc3)c2)c1. The molecule has 0 atom stereocenters. The fraction of sp³-hybridized carbons (Fsp3) is 0.0833. The first kappa shape index (κ1) is 20.8. The molecule has 0 saturated carbocycles. The van der Waals surface area contributed by atoms with E-state index in [9.17, 15) is 14.0 Å². The van der Waals surface area contributed by atoms with Crippen LogP contribution >= 0.6 is 0 Å². The molecule has 0 N–H and O–H groups in total. The van der Waals surface area contributed by atoms with Crippen LogP contribution in [-0.4, -0.2) is 26.0 Å². The Morgan fingerprint density at radius 2 is 1.63 bits per heavy atom. The lowest BCUT2D eigenvalue weighted by Crippen LogP contribution is -2.08. The van der Waals surface area contributed by atoms with E-state index in [0.717, 1.165) is 0 Å². The van der Waals surface area contributed by atoms with Gasteiger partial charge in [-0.15, -0.1) is 0 Å². The summed E-state index contributed by atoms with van der Waals surface area (Å²) in [4.78, 5) is 24.8. The van der Waals surface area contributed by atoms with Gasteiger partial charge in [0, 0.05) is 0 Å². The maximum Gasteiger partial charge on any atom is 0.343 e. The Morgan fingerprint density at radius 3 is 2.33 bits per heavy atom. The Kier molecular flexibility index (Phi) is 6.60. The lowest BCUT2D eigenvalue weighted by molar-refractivity contribution is 0.0734. The van der Waals surface area contributed by atoms with E-state index >= 15 is 0 Å². The van der Waals surface area contributed by atoms with Crippen molar-refractivity contribution in [2.75, 3.05) is 14.2 Å². The molecule has 0 aliphatic carbocycles. The Balaban J connectivity index is 1.75.